The van der Waals surface area contributed by atoms with Crippen molar-refractivity contribution in [3.63, 3.8) is 0 Å². The molecule has 2 rings (SSSR count). The van der Waals surface area contributed by atoms with Gasteiger partial charge in [-0.05, 0) is 36.1 Å². The van der Waals surface area contributed by atoms with E-state index in [9.17, 15) is 18.0 Å². The molecular weight excluding hydrogens is 354 g/mol. The van der Waals surface area contributed by atoms with E-state index in [0.29, 0.717) is 5.75 Å². The van der Waals surface area contributed by atoms with Crippen LogP contribution in [0, 0.1) is 6.92 Å². The Kier molecular flexibility index (Phi) is 5.25. The fraction of sp³-hybridized carbons (Fsp3) is 0.200. The zero-order chi connectivity index (χ0) is 17.9. The Morgan fingerprint density at radius 1 is 1.17 bits per heavy atom. The monoisotopic (exact) mass is 369 g/mol. The Morgan fingerprint density at radius 3 is 2.50 bits per heavy atom. The number of thiophene rings is 1. The van der Waals surface area contributed by atoms with Gasteiger partial charge in [-0.15, -0.1) is 11.3 Å². The van der Waals surface area contributed by atoms with Crippen molar-refractivity contribution < 1.29 is 27.5 Å². The van der Waals surface area contributed by atoms with Crippen LogP contribution in [0.25, 0.3) is 0 Å². The van der Waals surface area contributed by atoms with Crippen molar-refractivity contribution in [3.05, 3.63) is 45.6 Å². The van der Waals surface area contributed by atoms with Gasteiger partial charge < -0.3 is 9.47 Å². The smallest absolute Gasteiger partial charge is 0.349 e. The summed E-state index contributed by atoms with van der Waals surface area (Å²) in [7, 11) is -1.61. The lowest BCUT2D eigenvalue weighted by molar-refractivity contribution is 0.0602. The van der Waals surface area contributed by atoms with Crippen LogP contribution in [0.2, 0.25) is 0 Å². The summed E-state index contributed by atoms with van der Waals surface area (Å²) in [6.07, 6.45) is 0. The molecule has 0 fully saturated rings. The number of methoxy groups -OCH3 is 2. The minimum Gasteiger partial charge on any atom is -0.496 e. The minimum atomic E-state index is -4.21. The van der Waals surface area contributed by atoms with Gasteiger partial charge >= 0.3 is 5.97 Å². The zero-order valence-electron chi connectivity index (χ0n) is 13.2. The number of amides is 1. The molecule has 1 amide bonds. The molecule has 1 aromatic heterocycles. The maximum atomic E-state index is 12.4. The maximum absolute atomic E-state index is 12.4. The zero-order valence-corrected chi connectivity index (χ0v) is 14.8. The fourth-order valence-electron chi connectivity index (χ4n) is 1.95. The predicted molar refractivity (Wildman–Crippen MR) is 88.0 cm³/mol. The van der Waals surface area contributed by atoms with Gasteiger partial charge in [0.1, 0.15) is 15.5 Å². The van der Waals surface area contributed by atoms with Gasteiger partial charge in [-0.25, -0.2) is 17.9 Å². The average Bonchev–Trinajstić information content (AvgIpc) is 3.04. The highest BCUT2D eigenvalue weighted by Crippen LogP contribution is 2.23. The number of carbonyl (C=O) groups excluding carboxylic acids is 2. The van der Waals surface area contributed by atoms with Crippen molar-refractivity contribution in [2.24, 2.45) is 0 Å². The van der Waals surface area contributed by atoms with Gasteiger partial charge in [0.15, 0.2) is 0 Å². The second kappa shape index (κ2) is 7.02. The van der Waals surface area contributed by atoms with E-state index in [1.54, 1.807) is 13.0 Å². The molecule has 2 aromatic rings. The molecule has 0 unspecified atom stereocenters. The van der Waals surface area contributed by atoms with Gasteiger partial charge in [-0.3, -0.25) is 4.79 Å². The van der Waals surface area contributed by atoms with E-state index in [0.717, 1.165) is 24.0 Å². The van der Waals surface area contributed by atoms with Crippen molar-refractivity contribution in [1.29, 1.82) is 0 Å². The van der Waals surface area contributed by atoms with E-state index < -0.39 is 21.9 Å². The number of hydrogen-bond donors (Lipinski definition) is 1. The molecule has 0 aliphatic heterocycles. The largest absolute Gasteiger partial charge is 0.496 e. The highest BCUT2D eigenvalue weighted by Gasteiger charge is 2.27. The highest BCUT2D eigenvalue weighted by atomic mass is 32.2. The second-order valence-corrected chi connectivity index (χ2v) is 7.29. The minimum absolute atomic E-state index is 0.0979. The topological polar surface area (TPSA) is 98.8 Å². The number of rotatable bonds is 5. The van der Waals surface area contributed by atoms with Crippen LogP contribution in [0.3, 0.4) is 0 Å². The molecule has 1 heterocycles. The van der Waals surface area contributed by atoms with Crippen LogP contribution >= 0.6 is 11.3 Å². The summed E-state index contributed by atoms with van der Waals surface area (Å²) in [5, 5.41) is 1.43. The number of aryl methyl sites for hydroxylation is 1. The molecule has 7 nitrogen and oxygen atoms in total. The van der Waals surface area contributed by atoms with Crippen LogP contribution in [0.15, 0.2) is 34.5 Å². The molecule has 1 aromatic carbocycles. The van der Waals surface area contributed by atoms with Gasteiger partial charge in [0, 0.05) is 5.56 Å². The standard InChI is InChI=1S/C15H15NO6S2/c1-9-4-5-10(8-11(9)21-2)14(17)16-24(19,20)12-6-7-23-13(12)15(18)22-3/h4-8H,1-3H3,(H,16,17). The summed E-state index contributed by atoms with van der Waals surface area (Å²) in [5.41, 5.74) is 0.929. The van der Waals surface area contributed by atoms with Crippen LogP contribution in [0.1, 0.15) is 25.6 Å². The van der Waals surface area contributed by atoms with E-state index in [2.05, 4.69) is 4.74 Å². The molecule has 128 valence electrons. The number of nitrogens with one attached hydrogen (secondary N) is 1. The average molecular weight is 369 g/mol. The molecule has 0 aliphatic rings. The van der Waals surface area contributed by atoms with Crippen LogP contribution < -0.4 is 9.46 Å². The molecule has 1 N–H and O–H groups in total. The molecule has 0 bridgehead atoms. The van der Waals surface area contributed by atoms with Crippen molar-refractivity contribution in [1.82, 2.24) is 4.72 Å². The SMILES string of the molecule is COC(=O)c1sccc1S(=O)(=O)NC(=O)c1ccc(C)c(OC)c1. The number of esters is 1. The Bertz CT molecular complexity index is 885. The first kappa shape index (κ1) is 18.0. The molecule has 0 atom stereocenters. The first-order chi connectivity index (χ1) is 11.3. The third-order valence-corrected chi connectivity index (χ3v) is 5.58. The van der Waals surface area contributed by atoms with Crippen LogP contribution in [-0.2, 0) is 14.8 Å². The lowest BCUT2D eigenvalue weighted by Gasteiger charge is -2.09. The molecule has 0 aliphatic carbocycles. The number of sulfonamides is 1. The van der Waals surface area contributed by atoms with Gasteiger partial charge in [-0.2, -0.15) is 0 Å². The molecule has 0 radical (unpaired) electrons. The quantitative estimate of drug-likeness (QED) is 0.809. The van der Waals surface area contributed by atoms with Crippen molar-refractivity contribution >= 4 is 33.2 Å². The lowest BCUT2D eigenvalue weighted by atomic mass is 10.1. The highest BCUT2D eigenvalue weighted by molar-refractivity contribution is 7.90. The predicted octanol–water partition coefficient (Wildman–Crippen LogP) is 1.97. The molecule has 0 saturated heterocycles. The Balaban J connectivity index is 2.31. The van der Waals surface area contributed by atoms with Crippen LogP contribution in [0.4, 0.5) is 0 Å². The van der Waals surface area contributed by atoms with E-state index in [1.165, 1.54) is 30.7 Å². The molecule has 24 heavy (non-hydrogen) atoms. The molecule has 0 saturated carbocycles. The third kappa shape index (κ3) is 3.57. The van der Waals surface area contributed by atoms with E-state index in [-0.39, 0.29) is 15.3 Å². The first-order valence-electron chi connectivity index (χ1n) is 6.67. The Labute approximate surface area is 143 Å². The summed E-state index contributed by atoms with van der Waals surface area (Å²) in [6, 6.07) is 5.81. The molecule has 0 spiro atoms. The second-order valence-electron chi connectivity index (χ2n) is 4.72. The van der Waals surface area contributed by atoms with Crippen LogP contribution in [-0.4, -0.2) is 34.5 Å². The van der Waals surface area contributed by atoms with E-state index in [4.69, 9.17) is 4.74 Å². The number of ether oxygens (including phenoxy) is 2. The van der Waals surface area contributed by atoms with Crippen molar-refractivity contribution in [3.8, 4) is 5.75 Å². The van der Waals surface area contributed by atoms with E-state index >= 15 is 0 Å². The third-order valence-electron chi connectivity index (χ3n) is 3.19. The summed E-state index contributed by atoms with van der Waals surface area (Å²) < 4.78 is 36.3. The fourth-order valence-corrected chi connectivity index (χ4v) is 4.26. The summed E-state index contributed by atoms with van der Waals surface area (Å²) >= 11 is 0.915. The van der Waals surface area contributed by atoms with Crippen molar-refractivity contribution in [2.45, 2.75) is 11.8 Å². The Hall–Kier alpha value is -2.39. The van der Waals surface area contributed by atoms with Gasteiger partial charge in [-0.1, -0.05) is 6.07 Å². The van der Waals surface area contributed by atoms with E-state index in [1.807, 2.05) is 4.72 Å². The number of benzene rings is 1. The van der Waals surface area contributed by atoms with Crippen LogP contribution in [0.5, 0.6) is 5.75 Å². The van der Waals surface area contributed by atoms with Gasteiger partial charge in [0.25, 0.3) is 15.9 Å². The summed E-state index contributed by atoms with van der Waals surface area (Å²) in [5.74, 6) is -1.14. The Morgan fingerprint density at radius 2 is 1.88 bits per heavy atom. The van der Waals surface area contributed by atoms with Gasteiger partial charge in [0.05, 0.1) is 14.2 Å². The number of hydrogen-bond acceptors (Lipinski definition) is 7. The lowest BCUT2D eigenvalue weighted by Crippen LogP contribution is -2.31. The number of carbonyl (C=O) groups is 2. The molecule has 9 heteroatoms. The summed E-state index contributed by atoms with van der Waals surface area (Å²) in [4.78, 5) is 23.4. The maximum Gasteiger partial charge on any atom is 0.349 e. The molecular formula is C15H15NO6S2. The van der Waals surface area contributed by atoms with Gasteiger partial charge in [0.2, 0.25) is 0 Å². The first-order valence-corrected chi connectivity index (χ1v) is 9.04. The normalized spacial score (nSPS) is 11.0. The summed E-state index contributed by atoms with van der Waals surface area (Å²) in [6.45, 7) is 1.80. The van der Waals surface area contributed by atoms with Crippen molar-refractivity contribution in [2.75, 3.05) is 14.2 Å².